The van der Waals surface area contributed by atoms with Crippen LogP contribution in [0.3, 0.4) is 0 Å². The standard InChI is InChI=1S/C12H17F3N4/c1-19-6-2-3-9(8-19)7-16-11-5-4-10(17-18-11)12(13,14)15/h4-5,9H,2-3,6-8H2,1H3,(H,16,18). The number of halogens is 3. The van der Waals surface area contributed by atoms with Crippen molar-refractivity contribution in [3.63, 3.8) is 0 Å². The van der Waals surface area contributed by atoms with Crippen molar-refractivity contribution in [2.75, 3.05) is 32.0 Å². The Morgan fingerprint density at radius 2 is 2.16 bits per heavy atom. The first-order valence-corrected chi connectivity index (χ1v) is 6.28. The van der Waals surface area contributed by atoms with Crippen molar-refractivity contribution in [1.82, 2.24) is 15.1 Å². The number of hydrogen-bond acceptors (Lipinski definition) is 4. The number of anilines is 1. The molecule has 0 spiro atoms. The van der Waals surface area contributed by atoms with Crippen molar-refractivity contribution < 1.29 is 13.2 Å². The van der Waals surface area contributed by atoms with Gasteiger partial charge in [-0.3, -0.25) is 0 Å². The molecule has 19 heavy (non-hydrogen) atoms. The Labute approximate surface area is 110 Å². The number of rotatable bonds is 3. The molecule has 1 aliphatic heterocycles. The highest BCUT2D eigenvalue weighted by Gasteiger charge is 2.32. The van der Waals surface area contributed by atoms with Crippen molar-refractivity contribution in [2.45, 2.75) is 19.0 Å². The first kappa shape index (κ1) is 14.0. The number of nitrogens with zero attached hydrogens (tertiary/aromatic N) is 3. The van der Waals surface area contributed by atoms with Crippen molar-refractivity contribution in [1.29, 1.82) is 0 Å². The van der Waals surface area contributed by atoms with Gasteiger partial charge in [0.05, 0.1) is 0 Å². The summed E-state index contributed by atoms with van der Waals surface area (Å²) in [5, 5.41) is 9.78. The molecule has 0 bridgehead atoms. The Morgan fingerprint density at radius 1 is 1.37 bits per heavy atom. The largest absolute Gasteiger partial charge is 0.435 e. The van der Waals surface area contributed by atoms with E-state index >= 15 is 0 Å². The molecule has 1 aliphatic rings. The van der Waals surface area contributed by atoms with Crippen molar-refractivity contribution in [3.05, 3.63) is 17.8 Å². The second-order valence-corrected chi connectivity index (χ2v) is 4.95. The van der Waals surface area contributed by atoms with Crippen molar-refractivity contribution in [3.8, 4) is 0 Å². The molecule has 0 aliphatic carbocycles. The summed E-state index contributed by atoms with van der Waals surface area (Å²) in [6.07, 6.45) is -2.15. The Hall–Kier alpha value is -1.37. The van der Waals surface area contributed by atoms with Crippen LogP contribution in [-0.4, -0.2) is 41.8 Å². The van der Waals surface area contributed by atoms with Gasteiger partial charge in [0.15, 0.2) is 5.69 Å². The molecule has 2 heterocycles. The summed E-state index contributed by atoms with van der Waals surface area (Å²) in [4.78, 5) is 2.26. The first-order valence-electron chi connectivity index (χ1n) is 6.28. The lowest BCUT2D eigenvalue weighted by molar-refractivity contribution is -0.141. The van der Waals surface area contributed by atoms with E-state index in [0.717, 1.165) is 32.0 Å². The monoisotopic (exact) mass is 274 g/mol. The molecule has 1 aromatic rings. The lowest BCUT2D eigenvalue weighted by Crippen LogP contribution is -2.35. The third-order valence-corrected chi connectivity index (χ3v) is 3.25. The van der Waals surface area contributed by atoms with Crippen LogP contribution in [0, 0.1) is 5.92 Å². The normalized spacial score (nSPS) is 21.4. The quantitative estimate of drug-likeness (QED) is 0.918. The van der Waals surface area contributed by atoms with E-state index in [4.69, 9.17) is 0 Å². The molecule has 1 fully saturated rings. The summed E-state index contributed by atoms with van der Waals surface area (Å²) < 4.78 is 36.9. The Bertz CT molecular complexity index is 404. The minimum Gasteiger partial charge on any atom is -0.368 e. The summed E-state index contributed by atoms with van der Waals surface area (Å²) in [6, 6.07) is 2.27. The van der Waals surface area contributed by atoms with Crippen LogP contribution in [0.5, 0.6) is 0 Å². The van der Waals surface area contributed by atoms with Crippen LogP contribution in [0.25, 0.3) is 0 Å². The van der Waals surface area contributed by atoms with Gasteiger partial charge in [-0.15, -0.1) is 10.2 Å². The van der Waals surface area contributed by atoms with Gasteiger partial charge >= 0.3 is 6.18 Å². The summed E-state index contributed by atoms with van der Waals surface area (Å²) in [6.45, 7) is 2.82. The molecule has 7 heteroatoms. The third-order valence-electron chi connectivity index (χ3n) is 3.25. The van der Waals surface area contributed by atoms with Crippen LogP contribution < -0.4 is 5.32 Å². The van der Waals surface area contributed by atoms with E-state index in [0.29, 0.717) is 18.3 Å². The predicted octanol–water partition coefficient (Wildman–Crippen LogP) is 2.25. The van der Waals surface area contributed by atoms with Crippen LogP contribution in [0.4, 0.5) is 19.0 Å². The minimum atomic E-state index is -4.43. The Kier molecular flexibility index (Phi) is 4.24. The second-order valence-electron chi connectivity index (χ2n) is 4.95. The smallest absolute Gasteiger partial charge is 0.368 e. The number of nitrogens with one attached hydrogen (secondary N) is 1. The topological polar surface area (TPSA) is 41.0 Å². The molecule has 0 radical (unpaired) electrons. The van der Waals surface area contributed by atoms with E-state index in [2.05, 4.69) is 27.5 Å². The van der Waals surface area contributed by atoms with Crippen LogP contribution in [0.1, 0.15) is 18.5 Å². The van der Waals surface area contributed by atoms with Crippen LogP contribution in [-0.2, 0) is 6.18 Å². The number of likely N-dealkylation sites (tertiary alicyclic amines) is 1. The highest BCUT2D eigenvalue weighted by molar-refractivity contribution is 5.33. The average molecular weight is 274 g/mol. The van der Waals surface area contributed by atoms with E-state index in [1.54, 1.807) is 0 Å². The predicted molar refractivity (Wildman–Crippen MR) is 65.7 cm³/mol. The highest BCUT2D eigenvalue weighted by atomic mass is 19.4. The highest BCUT2D eigenvalue weighted by Crippen LogP contribution is 2.27. The van der Waals surface area contributed by atoms with E-state index in [1.165, 1.54) is 6.07 Å². The van der Waals surface area contributed by atoms with Gasteiger partial charge in [0.1, 0.15) is 5.82 Å². The molecule has 4 nitrogen and oxygen atoms in total. The fourth-order valence-corrected chi connectivity index (χ4v) is 2.27. The SMILES string of the molecule is CN1CCCC(CNc2ccc(C(F)(F)F)nn2)C1. The fourth-order valence-electron chi connectivity index (χ4n) is 2.27. The lowest BCUT2D eigenvalue weighted by atomic mass is 9.98. The summed E-state index contributed by atoms with van der Waals surface area (Å²) in [7, 11) is 2.07. The first-order chi connectivity index (χ1) is 8.95. The molecular formula is C12H17F3N4. The number of piperidine rings is 1. The van der Waals surface area contributed by atoms with Crippen molar-refractivity contribution >= 4 is 5.82 Å². The molecule has 1 saturated heterocycles. The van der Waals surface area contributed by atoms with Gasteiger partial charge in [-0.25, -0.2) is 0 Å². The third kappa shape index (κ3) is 4.05. The zero-order valence-electron chi connectivity index (χ0n) is 10.7. The van der Waals surface area contributed by atoms with Gasteiger partial charge in [-0.1, -0.05) is 0 Å². The number of hydrogen-bond donors (Lipinski definition) is 1. The number of alkyl halides is 3. The van der Waals surface area contributed by atoms with Crippen LogP contribution >= 0.6 is 0 Å². The molecule has 1 aromatic heterocycles. The molecule has 1 atom stereocenters. The molecule has 0 aromatic carbocycles. The Balaban J connectivity index is 1.86. The van der Waals surface area contributed by atoms with Crippen LogP contribution in [0.15, 0.2) is 12.1 Å². The molecule has 1 N–H and O–H groups in total. The van der Waals surface area contributed by atoms with E-state index in [-0.39, 0.29) is 0 Å². The zero-order valence-corrected chi connectivity index (χ0v) is 10.7. The Morgan fingerprint density at radius 3 is 2.74 bits per heavy atom. The van der Waals surface area contributed by atoms with Crippen molar-refractivity contribution in [2.24, 2.45) is 5.92 Å². The lowest BCUT2D eigenvalue weighted by Gasteiger charge is -2.29. The fraction of sp³-hybridized carbons (Fsp3) is 0.667. The van der Waals surface area contributed by atoms with Gasteiger partial charge in [-0.05, 0) is 44.5 Å². The molecule has 1 unspecified atom stereocenters. The molecule has 0 saturated carbocycles. The average Bonchev–Trinajstić information content (AvgIpc) is 2.36. The van der Waals surface area contributed by atoms with Gasteiger partial charge in [-0.2, -0.15) is 13.2 Å². The number of aromatic nitrogens is 2. The van der Waals surface area contributed by atoms with Crippen LogP contribution in [0.2, 0.25) is 0 Å². The maximum atomic E-state index is 12.3. The van der Waals surface area contributed by atoms with E-state index in [1.807, 2.05) is 0 Å². The summed E-state index contributed by atoms with van der Waals surface area (Å²) >= 11 is 0. The summed E-state index contributed by atoms with van der Waals surface area (Å²) in [5.74, 6) is 0.893. The minimum absolute atomic E-state index is 0.390. The van der Waals surface area contributed by atoms with E-state index in [9.17, 15) is 13.2 Å². The molecule has 106 valence electrons. The maximum absolute atomic E-state index is 12.3. The van der Waals surface area contributed by atoms with Gasteiger partial charge in [0, 0.05) is 13.1 Å². The summed E-state index contributed by atoms with van der Waals surface area (Å²) in [5.41, 5.74) is -0.963. The maximum Gasteiger partial charge on any atom is 0.435 e. The molecular weight excluding hydrogens is 257 g/mol. The molecule has 2 rings (SSSR count). The van der Waals surface area contributed by atoms with Gasteiger partial charge in [0.25, 0.3) is 0 Å². The van der Waals surface area contributed by atoms with Gasteiger partial charge < -0.3 is 10.2 Å². The second kappa shape index (κ2) is 5.73. The molecule has 0 amide bonds. The van der Waals surface area contributed by atoms with Gasteiger partial charge in [0.2, 0.25) is 0 Å². The van der Waals surface area contributed by atoms with E-state index < -0.39 is 11.9 Å². The zero-order chi connectivity index (χ0) is 13.9.